The minimum atomic E-state index is -1.09. The molecule has 0 aliphatic rings. The van der Waals surface area contributed by atoms with Crippen molar-refractivity contribution in [3.63, 3.8) is 0 Å². The summed E-state index contributed by atoms with van der Waals surface area (Å²) < 4.78 is 0. The van der Waals surface area contributed by atoms with Gasteiger partial charge in [0.05, 0.1) is 16.3 Å². The van der Waals surface area contributed by atoms with E-state index in [1.54, 1.807) is 0 Å². The number of nitrogens with two attached hydrogens (primary N) is 1. The second kappa shape index (κ2) is 5.93. The first-order valence-electron chi connectivity index (χ1n) is 6.25. The van der Waals surface area contributed by atoms with E-state index >= 15 is 0 Å². The third-order valence-electron chi connectivity index (χ3n) is 3.00. The zero-order valence-electron chi connectivity index (χ0n) is 11.7. The number of carboxylic acid groups (broad SMARTS) is 1. The molecule has 21 heavy (non-hydrogen) atoms. The predicted molar refractivity (Wildman–Crippen MR) is 86.9 cm³/mol. The molecule has 0 aromatic heterocycles. The topological polar surface area (TPSA) is 78.6 Å². The number of halogens is 1. The highest BCUT2D eigenvalue weighted by molar-refractivity contribution is 6.34. The number of carboxylic acids is 1. The van der Waals surface area contributed by atoms with Crippen molar-refractivity contribution < 1.29 is 9.90 Å². The fourth-order valence-corrected chi connectivity index (χ4v) is 2.19. The molecule has 4 N–H and O–H groups in total. The van der Waals surface area contributed by atoms with Gasteiger partial charge in [0.1, 0.15) is 0 Å². The highest BCUT2D eigenvalue weighted by atomic mass is 35.5. The Hall–Kier alpha value is -2.40. The van der Waals surface area contributed by atoms with Crippen LogP contribution in [0.1, 0.15) is 10.4 Å². The normalized spacial score (nSPS) is 10.2. The van der Waals surface area contributed by atoms with Gasteiger partial charge in [-0.25, -0.2) is 4.79 Å². The second-order valence-corrected chi connectivity index (χ2v) is 5.20. The lowest BCUT2D eigenvalue weighted by Gasteiger charge is -2.15. The second-order valence-electron chi connectivity index (χ2n) is 4.80. The number of nitrogens with one attached hydrogen (secondary N) is 1. The zero-order valence-corrected chi connectivity index (χ0v) is 12.5. The van der Waals surface area contributed by atoms with E-state index in [9.17, 15) is 9.90 Å². The monoisotopic (exact) mass is 305 g/mol. The van der Waals surface area contributed by atoms with Gasteiger partial charge >= 0.3 is 5.97 Å². The van der Waals surface area contributed by atoms with Gasteiger partial charge in [-0.3, -0.25) is 0 Å². The number of hydrogen-bond donors (Lipinski definition) is 3. The van der Waals surface area contributed by atoms with Gasteiger partial charge in [-0.1, -0.05) is 11.6 Å². The Labute approximate surface area is 127 Å². The maximum atomic E-state index is 11.3. The number of carbonyl (C=O) groups is 1. The number of nitrogen functional groups attached to an aromatic ring is 1. The van der Waals surface area contributed by atoms with Crippen LogP contribution in [0, 0.1) is 0 Å². The molecule has 0 saturated carbocycles. The van der Waals surface area contributed by atoms with Crippen molar-refractivity contribution in [3.05, 3.63) is 47.0 Å². The van der Waals surface area contributed by atoms with Gasteiger partial charge in [-0.2, -0.15) is 0 Å². The highest BCUT2D eigenvalue weighted by Crippen LogP contribution is 2.32. The van der Waals surface area contributed by atoms with Crippen LogP contribution in [0.3, 0.4) is 0 Å². The number of aromatic carboxylic acids is 1. The first kappa shape index (κ1) is 15.0. The smallest absolute Gasteiger partial charge is 0.337 e. The van der Waals surface area contributed by atoms with Gasteiger partial charge in [-0.05, 0) is 36.4 Å². The van der Waals surface area contributed by atoms with Gasteiger partial charge in [0.15, 0.2) is 0 Å². The molecule has 0 radical (unpaired) electrons. The lowest BCUT2D eigenvalue weighted by atomic mass is 10.1. The fraction of sp³-hybridized carbons (Fsp3) is 0.133. The van der Waals surface area contributed by atoms with E-state index in [-0.39, 0.29) is 10.6 Å². The molecule has 0 aliphatic heterocycles. The quantitative estimate of drug-likeness (QED) is 0.754. The summed E-state index contributed by atoms with van der Waals surface area (Å²) in [5.74, 6) is -1.09. The molecule has 0 atom stereocenters. The first-order valence-corrected chi connectivity index (χ1v) is 6.63. The maximum absolute atomic E-state index is 11.3. The van der Waals surface area contributed by atoms with Crippen LogP contribution in [0.5, 0.6) is 0 Å². The average molecular weight is 306 g/mol. The lowest BCUT2D eigenvalue weighted by Crippen LogP contribution is -2.08. The predicted octanol–water partition coefficient (Wildman–Crippen LogP) is 3.43. The molecule has 0 amide bonds. The standard InChI is InChI=1S/C15H16ClN3O2/c1-19(2)11-5-3-10(4-6-11)18-14-12(15(20)21)7-9(17)8-13(14)16/h3-8,18H,17H2,1-2H3,(H,20,21). The van der Waals surface area contributed by atoms with Gasteiger partial charge in [0.25, 0.3) is 0 Å². The van der Waals surface area contributed by atoms with Crippen LogP contribution in [0.25, 0.3) is 0 Å². The van der Waals surface area contributed by atoms with Crippen LogP contribution < -0.4 is 16.0 Å². The Bertz CT molecular complexity index is 669. The van der Waals surface area contributed by atoms with E-state index in [2.05, 4.69) is 5.32 Å². The summed E-state index contributed by atoms with van der Waals surface area (Å²) in [5.41, 5.74) is 8.10. The van der Waals surface area contributed by atoms with E-state index in [1.807, 2.05) is 43.3 Å². The minimum absolute atomic E-state index is 0.0386. The van der Waals surface area contributed by atoms with Crippen LogP contribution >= 0.6 is 11.6 Å². The molecular formula is C15H16ClN3O2. The molecule has 6 heteroatoms. The SMILES string of the molecule is CN(C)c1ccc(Nc2c(Cl)cc(N)cc2C(=O)O)cc1. The molecule has 110 valence electrons. The van der Waals surface area contributed by atoms with E-state index in [4.69, 9.17) is 17.3 Å². The maximum Gasteiger partial charge on any atom is 0.337 e. The minimum Gasteiger partial charge on any atom is -0.478 e. The van der Waals surface area contributed by atoms with Crippen molar-refractivity contribution in [2.75, 3.05) is 30.0 Å². The summed E-state index contributed by atoms with van der Waals surface area (Å²) in [5, 5.41) is 12.5. The summed E-state index contributed by atoms with van der Waals surface area (Å²) in [6, 6.07) is 10.5. The number of nitrogens with zero attached hydrogens (tertiary/aromatic N) is 1. The highest BCUT2D eigenvalue weighted by Gasteiger charge is 2.15. The van der Waals surface area contributed by atoms with Crippen molar-refractivity contribution in [2.24, 2.45) is 0 Å². The molecule has 0 fully saturated rings. The summed E-state index contributed by atoms with van der Waals surface area (Å²) in [4.78, 5) is 13.3. The molecule has 2 rings (SSSR count). The van der Waals surface area contributed by atoms with Crippen molar-refractivity contribution in [3.8, 4) is 0 Å². The molecule has 2 aromatic carbocycles. The van der Waals surface area contributed by atoms with Crippen LogP contribution in [-0.4, -0.2) is 25.2 Å². The first-order chi connectivity index (χ1) is 9.88. The van der Waals surface area contributed by atoms with E-state index in [0.29, 0.717) is 11.4 Å². The van der Waals surface area contributed by atoms with Crippen molar-refractivity contribution in [2.45, 2.75) is 0 Å². The Kier molecular flexibility index (Phi) is 4.23. The Morgan fingerprint density at radius 3 is 2.38 bits per heavy atom. The van der Waals surface area contributed by atoms with Crippen molar-refractivity contribution in [1.29, 1.82) is 0 Å². The molecular weight excluding hydrogens is 290 g/mol. The molecule has 0 unspecified atom stereocenters. The fourth-order valence-electron chi connectivity index (χ4n) is 1.91. The van der Waals surface area contributed by atoms with Crippen molar-refractivity contribution >= 4 is 40.3 Å². The number of hydrogen-bond acceptors (Lipinski definition) is 4. The van der Waals surface area contributed by atoms with Crippen LogP contribution in [0.2, 0.25) is 5.02 Å². The van der Waals surface area contributed by atoms with Gasteiger partial charge in [-0.15, -0.1) is 0 Å². The van der Waals surface area contributed by atoms with Gasteiger partial charge in [0.2, 0.25) is 0 Å². The van der Waals surface area contributed by atoms with Crippen LogP contribution in [-0.2, 0) is 0 Å². The largest absolute Gasteiger partial charge is 0.478 e. The molecule has 2 aromatic rings. The van der Waals surface area contributed by atoms with Crippen molar-refractivity contribution in [1.82, 2.24) is 0 Å². The van der Waals surface area contributed by atoms with E-state index in [1.165, 1.54) is 12.1 Å². The summed E-state index contributed by atoms with van der Waals surface area (Å²) >= 11 is 6.10. The molecule has 0 saturated heterocycles. The molecule has 0 aliphatic carbocycles. The Morgan fingerprint density at radius 2 is 1.86 bits per heavy atom. The molecule has 0 bridgehead atoms. The number of benzene rings is 2. The van der Waals surface area contributed by atoms with E-state index < -0.39 is 5.97 Å². The third kappa shape index (κ3) is 3.38. The Balaban J connectivity index is 2.37. The zero-order chi connectivity index (χ0) is 15.6. The van der Waals surface area contributed by atoms with E-state index in [0.717, 1.165) is 11.4 Å². The third-order valence-corrected chi connectivity index (χ3v) is 3.29. The average Bonchev–Trinajstić information content (AvgIpc) is 2.41. The number of anilines is 4. The molecule has 0 spiro atoms. The van der Waals surface area contributed by atoms with Gasteiger partial charge in [0, 0.05) is 31.2 Å². The lowest BCUT2D eigenvalue weighted by molar-refractivity contribution is 0.0698. The molecule has 0 heterocycles. The van der Waals surface area contributed by atoms with Crippen LogP contribution in [0.4, 0.5) is 22.7 Å². The Morgan fingerprint density at radius 1 is 1.24 bits per heavy atom. The molecule has 5 nitrogen and oxygen atoms in total. The van der Waals surface area contributed by atoms with Crippen LogP contribution in [0.15, 0.2) is 36.4 Å². The summed E-state index contributed by atoms with van der Waals surface area (Å²) in [6.07, 6.45) is 0. The number of rotatable bonds is 4. The van der Waals surface area contributed by atoms with Gasteiger partial charge < -0.3 is 21.1 Å². The summed E-state index contributed by atoms with van der Waals surface area (Å²) in [6.45, 7) is 0. The summed E-state index contributed by atoms with van der Waals surface area (Å²) in [7, 11) is 3.89.